The van der Waals surface area contributed by atoms with Crippen LogP contribution in [0.15, 0.2) is 217 Å². The Bertz CT molecular complexity index is 3320. The van der Waals surface area contributed by atoms with E-state index in [4.69, 9.17) is 4.42 Å². The molecule has 0 radical (unpaired) electrons. The molecule has 1 aliphatic rings. The quantitative estimate of drug-likeness (QED) is 0.164. The molecule has 57 heavy (non-hydrogen) atoms. The molecule has 2 nitrogen and oxygen atoms in total. The van der Waals surface area contributed by atoms with Crippen molar-refractivity contribution in [3.05, 3.63) is 235 Å². The van der Waals surface area contributed by atoms with Crippen LogP contribution in [0.2, 0.25) is 0 Å². The maximum absolute atomic E-state index is 7.08. The lowest BCUT2D eigenvalue weighted by Gasteiger charge is -2.34. The fourth-order valence-corrected chi connectivity index (χ4v) is 9.89. The summed E-state index contributed by atoms with van der Waals surface area (Å²) in [6.07, 6.45) is 0. The van der Waals surface area contributed by atoms with E-state index in [1.54, 1.807) is 0 Å². The molecule has 2 heteroatoms. The zero-order chi connectivity index (χ0) is 37.5. The third-order valence-corrected chi connectivity index (χ3v) is 12.3. The lowest BCUT2D eigenvalue weighted by atomic mass is 9.68. The molecule has 12 rings (SSSR count). The molecular weight excluding hydrogens is 691 g/mol. The molecular formula is C55H35NO. The largest absolute Gasteiger partial charge is 0.453 e. The van der Waals surface area contributed by atoms with Crippen molar-refractivity contribution in [2.45, 2.75) is 5.41 Å². The summed E-state index contributed by atoms with van der Waals surface area (Å²) in [5.41, 5.74) is 12.0. The fraction of sp³-hybridized carbons (Fsp3) is 0.0182. The van der Waals surface area contributed by atoms with Gasteiger partial charge in [-0.1, -0.05) is 182 Å². The van der Waals surface area contributed by atoms with Crippen molar-refractivity contribution in [2.75, 3.05) is 4.90 Å². The monoisotopic (exact) mass is 725 g/mol. The average molecular weight is 726 g/mol. The summed E-state index contributed by atoms with van der Waals surface area (Å²) in [4.78, 5) is 2.44. The molecule has 0 atom stereocenters. The normalized spacial score (nSPS) is 13.1. The average Bonchev–Trinajstić information content (AvgIpc) is 3.82. The lowest BCUT2D eigenvalue weighted by molar-refractivity contribution is 0.673. The minimum absolute atomic E-state index is 0.479. The van der Waals surface area contributed by atoms with Gasteiger partial charge in [-0.05, 0) is 85.3 Å². The van der Waals surface area contributed by atoms with Crippen LogP contribution in [0.3, 0.4) is 0 Å². The van der Waals surface area contributed by atoms with Gasteiger partial charge in [-0.15, -0.1) is 0 Å². The number of fused-ring (bicyclic) bond motifs is 11. The van der Waals surface area contributed by atoms with E-state index in [0.29, 0.717) is 0 Å². The van der Waals surface area contributed by atoms with Crippen LogP contribution in [0.25, 0.3) is 65.4 Å². The van der Waals surface area contributed by atoms with Gasteiger partial charge in [-0.3, -0.25) is 0 Å². The van der Waals surface area contributed by atoms with E-state index >= 15 is 0 Å². The highest BCUT2D eigenvalue weighted by atomic mass is 16.3. The van der Waals surface area contributed by atoms with Crippen LogP contribution in [-0.2, 0) is 5.41 Å². The van der Waals surface area contributed by atoms with Gasteiger partial charge in [0.2, 0.25) is 0 Å². The van der Waals surface area contributed by atoms with Gasteiger partial charge in [-0.2, -0.15) is 0 Å². The van der Waals surface area contributed by atoms with Gasteiger partial charge in [0.05, 0.1) is 16.8 Å². The van der Waals surface area contributed by atoms with Gasteiger partial charge in [0.25, 0.3) is 0 Å². The van der Waals surface area contributed by atoms with E-state index in [0.717, 1.165) is 44.4 Å². The fourth-order valence-electron chi connectivity index (χ4n) is 9.89. The molecule has 266 valence electrons. The summed E-state index contributed by atoms with van der Waals surface area (Å²) < 4.78 is 7.08. The molecule has 1 aliphatic carbocycles. The lowest BCUT2D eigenvalue weighted by Crippen LogP contribution is -2.28. The molecule has 11 aromatic rings. The number of para-hydroxylation sites is 1. The Kier molecular flexibility index (Phi) is 6.88. The maximum atomic E-state index is 7.08. The van der Waals surface area contributed by atoms with Crippen LogP contribution >= 0.6 is 0 Å². The number of hydrogen-bond acceptors (Lipinski definition) is 2. The van der Waals surface area contributed by atoms with Crippen molar-refractivity contribution in [1.29, 1.82) is 0 Å². The predicted molar refractivity (Wildman–Crippen MR) is 238 cm³/mol. The molecule has 10 aromatic carbocycles. The van der Waals surface area contributed by atoms with E-state index in [1.165, 1.54) is 60.3 Å². The first-order chi connectivity index (χ1) is 28.3. The Hall–Kier alpha value is -7.42. The van der Waals surface area contributed by atoms with E-state index in [1.807, 2.05) is 0 Å². The second-order valence-corrected chi connectivity index (χ2v) is 15.2. The third-order valence-electron chi connectivity index (χ3n) is 12.3. The Balaban J connectivity index is 1.19. The summed E-state index contributed by atoms with van der Waals surface area (Å²) >= 11 is 0. The number of anilines is 3. The summed E-state index contributed by atoms with van der Waals surface area (Å²) in [5.74, 6) is 0. The van der Waals surface area contributed by atoms with Crippen LogP contribution in [-0.4, -0.2) is 0 Å². The van der Waals surface area contributed by atoms with Crippen molar-refractivity contribution < 1.29 is 4.42 Å². The van der Waals surface area contributed by atoms with Gasteiger partial charge in [0, 0.05) is 27.2 Å². The second-order valence-electron chi connectivity index (χ2n) is 15.2. The number of rotatable bonds is 5. The smallest absolute Gasteiger partial charge is 0.159 e. The number of benzene rings is 10. The Morgan fingerprint density at radius 2 is 0.930 bits per heavy atom. The van der Waals surface area contributed by atoms with Crippen LogP contribution in [0.5, 0.6) is 0 Å². The summed E-state index contributed by atoms with van der Waals surface area (Å²) in [7, 11) is 0. The van der Waals surface area contributed by atoms with Gasteiger partial charge in [0.15, 0.2) is 5.58 Å². The van der Waals surface area contributed by atoms with E-state index < -0.39 is 5.41 Å². The van der Waals surface area contributed by atoms with Crippen molar-refractivity contribution in [1.82, 2.24) is 0 Å². The second kappa shape index (κ2) is 12.3. The van der Waals surface area contributed by atoms with Crippen molar-refractivity contribution >= 4 is 71.3 Å². The Morgan fingerprint density at radius 1 is 0.333 bits per heavy atom. The van der Waals surface area contributed by atoms with Gasteiger partial charge >= 0.3 is 0 Å². The number of hydrogen-bond donors (Lipinski definition) is 0. The Labute approximate surface area is 330 Å². The third kappa shape index (κ3) is 4.53. The van der Waals surface area contributed by atoms with Gasteiger partial charge < -0.3 is 9.32 Å². The topological polar surface area (TPSA) is 16.4 Å². The summed E-state index contributed by atoms with van der Waals surface area (Å²) in [5, 5.41) is 9.33. The van der Waals surface area contributed by atoms with Gasteiger partial charge in [-0.25, -0.2) is 0 Å². The SMILES string of the molecule is c1ccc(C2(c3ccccc3)c3ccccc3-c3cc(N(c4cc5ccccc5c5ccccc45)c4cccc5c4oc4c6ccccc6ccc54)ccc32)cc1. The van der Waals surface area contributed by atoms with E-state index in [-0.39, 0.29) is 0 Å². The number of nitrogens with zero attached hydrogens (tertiary/aromatic N) is 1. The molecule has 1 heterocycles. The first-order valence-electron chi connectivity index (χ1n) is 19.7. The van der Waals surface area contributed by atoms with Crippen molar-refractivity contribution in [2.24, 2.45) is 0 Å². The molecule has 0 spiro atoms. The molecule has 0 amide bonds. The molecule has 0 unspecified atom stereocenters. The first kappa shape index (κ1) is 31.9. The zero-order valence-electron chi connectivity index (χ0n) is 31.1. The molecule has 0 saturated heterocycles. The Morgan fingerprint density at radius 3 is 1.72 bits per heavy atom. The summed E-state index contributed by atoms with van der Waals surface area (Å²) in [6.45, 7) is 0. The highest BCUT2D eigenvalue weighted by Crippen LogP contribution is 2.57. The minimum Gasteiger partial charge on any atom is -0.453 e. The molecule has 0 fully saturated rings. The van der Waals surface area contributed by atoms with Crippen LogP contribution < -0.4 is 4.90 Å². The minimum atomic E-state index is -0.479. The van der Waals surface area contributed by atoms with Crippen LogP contribution in [0.1, 0.15) is 22.3 Å². The maximum Gasteiger partial charge on any atom is 0.159 e. The first-order valence-corrected chi connectivity index (χ1v) is 19.7. The molecule has 1 aromatic heterocycles. The van der Waals surface area contributed by atoms with Crippen molar-refractivity contribution in [3.8, 4) is 11.1 Å². The molecule has 0 saturated carbocycles. The number of furan rings is 1. The molecule has 0 N–H and O–H groups in total. The van der Waals surface area contributed by atoms with Crippen LogP contribution in [0, 0.1) is 0 Å². The molecule has 0 bridgehead atoms. The standard InChI is InChI=1S/C55H35NO/c1-3-18-38(19-4-1)55(39-20-5-2-6-21-39)49-28-14-13-25-44(49)48-35-40(31-33-50(48)55)56(52-34-37-17-8-9-22-41(37)43-24-11-12-26-45(43)52)51-29-15-27-46-47-32-30-36-16-7-10-23-42(36)53(47)57-54(46)51/h1-35H. The van der Waals surface area contributed by atoms with E-state index in [2.05, 4.69) is 217 Å². The predicted octanol–water partition coefficient (Wildman–Crippen LogP) is 14.9. The highest BCUT2D eigenvalue weighted by molar-refractivity contribution is 6.19. The van der Waals surface area contributed by atoms with Gasteiger partial charge in [0.1, 0.15) is 5.58 Å². The van der Waals surface area contributed by atoms with Crippen molar-refractivity contribution in [3.63, 3.8) is 0 Å². The zero-order valence-corrected chi connectivity index (χ0v) is 31.1. The highest BCUT2D eigenvalue weighted by Gasteiger charge is 2.46. The summed E-state index contributed by atoms with van der Waals surface area (Å²) in [6, 6.07) is 77.5. The van der Waals surface area contributed by atoms with E-state index in [9.17, 15) is 0 Å². The molecule has 0 aliphatic heterocycles. The van der Waals surface area contributed by atoms with Crippen LogP contribution in [0.4, 0.5) is 17.1 Å².